The van der Waals surface area contributed by atoms with E-state index in [0.29, 0.717) is 22.2 Å². The number of anilines is 1. The van der Waals surface area contributed by atoms with Crippen molar-refractivity contribution in [2.24, 2.45) is 0 Å². The number of aromatic nitrogens is 1. The maximum atomic E-state index is 16.0. The van der Waals surface area contributed by atoms with Crippen molar-refractivity contribution in [1.82, 2.24) is 10.3 Å². The van der Waals surface area contributed by atoms with E-state index in [1.165, 1.54) is 63.7 Å². The van der Waals surface area contributed by atoms with Crippen LogP contribution in [0.1, 0.15) is 10.4 Å². The Morgan fingerprint density at radius 1 is 0.932 bits per heavy atom. The third-order valence-corrected chi connectivity index (χ3v) is 8.50. The van der Waals surface area contributed by atoms with Gasteiger partial charge in [0.15, 0.2) is 5.58 Å². The molecule has 0 saturated carbocycles. The summed E-state index contributed by atoms with van der Waals surface area (Å²) in [5, 5.41) is 2.86. The molecule has 0 atom stereocenters. The highest BCUT2D eigenvalue weighted by atomic mass is 32.2. The normalized spacial score (nSPS) is 11.7. The van der Waals surface area contributed by atoms with Crippen molar-refractivity contribution in [3.8, 4) is 39.7 Å². The molecule has 0 fully saturated rings. The standard InChI is InChI=1S/C32H25F2N3O6S/c1-35-31(38)29-21-14-20(19-13-22(27(41-3)15-23(19)34)32-36-24-7-5-6-8-26(24)43-32)25(37(2)44(4,39)40)16-28(21)42-30(29)17-9-11-18(33)12-10-17/h5-16H,1-4H3,(H,35,38). The van der Waals surface area contributed by atoms with Crippen LogP contribution >= 0.6 is 0 Å². The van der Waals surface area contributed by atoms with E-state index >= 15 is 4.39 Å². The SMILES string of the molecule is CNC(=O)c1c(-c2ccc(F)cc2)oc2cc(N(C)S(C)(=O)=O)c(-c3cc(-c4nc5ccccc5o4)c(OC)cc3F)cc12. The van der Waals surface area contributed by atoms with E-state index in [4.69, 9.17) is 13.6 Å². The smallest absolute Gasteiger partial charge is 0.255 e. The lowest BCUT2D eigenvalue weighted by atomic mass is 9.96. The lowest BCUT2D eigenvalue weighted by molar-refractivity contribution is 0.0964. The number of sulfonamides is 1. The molecule has 0 aliphatic heterocycles. The van der Waals surface area contributed by atoms with Crippen molar-refractivity contribution >= 4 is 43.7 Å². The van der Waals surface area contributed by atoms with E-state index in [2.05, 4.69) is 10.3 Å². The molecule has 224 valence electrons. The van der Waals surface area contributed by atoms with Gasteiger partial charge in [0.05, 0.1) is 30.2 Å². The van der Waals surface area contributed by atoms with Crippen LogP contribution in [0.25, 0.3) is 56.0 Å². The molecule has 2 aromatic heterocycles. The molecule has 0 bridgehead atoms. The van der Waals surface area contributed by atoms with E-state index in [0.717, 1.165) is 16.6 Å². The number of hydrogen-bond acceptors (Lipinski definition) is 7. The Kier molecular flexibility index (Phi) is 7.08. The second-order valence-corrected chi connectivity index (χ2v) is 12.0. The van der Waals surface area contributed by atoms with Gasteiger partial charge >= 0.3 is 0 Å². The predicted molar refractivity (Wildman–Crippen MR) is 163 cm³/mol. The molecule has 9 nitrogen and oxygen atoms in total. The van der Waals surface area contributed by atoms with Gasteiger partial charge in [0.2, 0.25) is 15.9 Å². The van der Waals surface area contributed by atoms with Gasteiger partial charge in [0.25, 0.3) is 5.91 Å². The Bertz CT molecular complexity index is 2160. The second-order valence-electron chi connectivity index (χ2n) is 10.0. The summed E-state index contributed by atoms with van der Waals surface area (Å²) in [6.45, 7) is 0. The molecule has 0 aliphatic rings. The number of furan rings is 1. The number of amides is 1. The van der Waals surface area contributed by atoms with Crippen molar-refractivity contribution in [2.45, 2.75) is 0 Å². The summed E-state index contributed by atoms with van der Waals surface area (Å²) in [5.41, 5.74) is 2.29. The molecule has 6 aromatic rings. The summed E-state index contributed by atoms with van der Waals surface area (Å²) < 4.78 is 73.7. The number of fused-ring (bicyclic) bond motifs is 2. The Morgan fingerprint density at radius 2 is 1.66 bits per heavy atom. The van der Waals surface area contributed by atoms with Gasteiger partial charge in [0.1, 0.15) is 34.2 Å². The summed E-state index contributed by atoms with van der Waals surface area (Å²) in [7, 11) is 0.302. The van der Waals surface area contributed by atoms with Crippen LogP contribution in [-0.2, 0) is 10.0 Å². The van der Waals surface area contributed by atoms with Crippen molar-refractivity contribution in [3.05, 3.63) is 90.0 Å². The van der Waals surface area contributed by atoms with E-state index < -0.39 is 27.6 Å². The molecule has 1 amide bonds. The summed E-state index contributed by atoms with van der Waals surface area (Å²) in [6, 6.07) is 18.0. The number of para-hydroxylation sites is 2. The zero-order chi connectivity index (χ0) is 31.3. The number of methoxy groups -OCH3 is 1. The molecular weight excluding hydrogens is 592 g/mol. The zero-order valence-electron chi connectivity index (χ0n) is 23.9. The van der Waals surface area contributed by atoms with Crippen LogP contribution in [0, 0.1) is 11.6 Å². The summed E-state index contributed by atoms with van der Waals surface area (Å²) >= 11 is 0. The molecule has 0 unspecified atom stereocenters. The van der Waals surface area contributed by atoms with Crippen molar-refractivity contribution < 1.29 is 35.6 Å². The van der Waals surface area contributed by atoms with Gasteiger partial charge in [-0.05, 0) is 48.5 Å². The lowest BCUT2D eigenvalue weighted by Crippen LogP contribution is -2.25. The maximum Gasteiger partial charge on any atom is 0.255 e. The van der Waals surface area contributed by atoms with Crippen LogP contribution in [0.2, 0.25) is 0 Å². The number of nitrogens with one attached hydrogen (secondary N) is 1. The Labute approximate surface area is 250 Å². The molecule has 4 aromatic carbocycles. The van der Waals surface area contributed by atoms with Gasteiger partial charge in [-0.15, -0.1) is 0 Å². The van der Waals surface area contributed by atoms with Gasteiger partial charge in [-0.2, -0.15) is 0 Å². The molecule has 1 N–H and O–H groups in total. The third kappa shape index (κ3) is 4.92. The first-order valence-corrected chi connectivity index (χ1v) is 15.1. The minimum atomic E-state index is -3.85. The van der Waals surface area contributed by atoms with Crippen molar-refractivity contribution in [3.63, 3.8) is 0 Å². The fourth-order valence-corrected chi connectivity index (χ4v) is 5.54. The van der Waals surface area contributed by atoms with Gasteiger partial charge in [0, 0.05) is 48.3 Å². The van der Waals surface area contributed by atoms with Crippen LogP contribution in [0.4, 0.5) is 14.5 Å². The molecule has 12 heteroatoms. The molecule has 0 saturated heterocycles. The van der Waals surface area contributed by atoms with Gasteiger partial charge in [-0.3, -0.25) is 9.10 Å². The van der Waals surface area contributed by atoms with Crippen LogP contribution in [0.3, 0.4) is 0 Å². The predicted octanol–water partition coefficient (Wildman–Crippen LogP) is 6.62. The number of nitrogens with zero attached hydrogens (tertiary/aromatic N) is 2. The average molecular weight is 618 g/mol. The molecule has 44 heavy (non-hydrogen) atoms. The van der Waals surface area contributed by atoms with E-state index in [-0.39, 0.29) is 50.7 Å². The second kappa shape index (κ2) is 10.8. The van der Waals surface area contributed by atoms with Gasteiger partial charge < -0.3 is 18.9 Å². The number of rotatable bonds is 7. The first kappa shape index (κ1) is 28.9. The molecule has 6 rings (SSSR count). The third-order valence-electron chi connectivity index (χ3n) is 7.31. The van der Waals surface area contributed by atoms with Gasteiger partial charge in [-0.1, -0.05) is 12.1 Å². The van der Waals surface area contributed by atoms with Crippen LogP contribution < -0.4 is 14.4 Å². The first-order valence-electron chi connectivity index (χ1n) is 13.3. The molecule has 0 spiro atoms. The lowest BCUT2D eigenvalue weighted by Gasteiger charge is -2.21. The highest BCUT2D eigenvalue weighted by molar-refractivity contribution is 7.92. The number of carbonyl (C=O) groups excluding carboxylic acids is 1. The fraction of sp³-hybridized carbons (Fsp3) is 0.125. The molecule has 2 heterocycles. The minimum absolute atomic E-state index is 0.0113. The highest BCUT2D eigenvalue weighted by Crippen LogP contribution is 2.44. The van der Waals surface area contributed by atoms with E-state index in [1.807, 2.05) is 0 Å². The van der Waals surface area contributed by atoms with Crippen molar-refractivity contribution in [1.29, 1.82) is 0 Å². The summed E-state index contributed by atoms with van der Waals surface area (Å²) in [5.74, 6) is -1.28. The Hall–Kier alpha value is -5.23. The summed E-state index contributed by atoms with van der Waals surface area (Å²) in [6.07, 6.45) is 1.01. The number of carbonyl (C=O) groups is 1. The average Bonchev–Trinajstić information content (AvgIpc) is 3.61. The Morgan fingerprint density at radius 3 is 2.32 bits per heavy atom. The number of halogens is 2. The minimum Gasteiger partial charge on any atom is -0.496 e. The largest absolute Gasteiger partial charge is 0.496 e. The quantitative estimate of drug-likeness (QED) is 0.214. The van der Waals surface area contributed by atoms with Crippen LogP contribution in [0.5, 0.6) is 5.75 Å². The number of oxazole rings is 1. The summed E-state index contributed by atoms with van der Waals surface area (Å²) in [4.78, 5) is 17.7. The Balaban J connectivity index is 1.67. The number of ether oxygens (including phenoxy) is 1. The first-order chi connectivity index (χ1) is 21.0. The van der Waals surface area contributed by atoms with Crippen LogP contribution in [0.15, 0.2) is 81.6 Å². The zero-order valence-corrected chi connectivity index (χ0v) is 24.8. The fourth-order valence-electron chi connectivity index (χ4n) is 5.03. The maximum absolute atomic E-state index is 16.0. The van der Waals surface area contributed by atoms with E-state index in [1.54, 1.807) is 24.3 Å². The molecular formula is C32H25F2N3O6S. The topological polar surface area (TPSA) is 115 Å². The highest BCUT2D eigenvalue weighted by Gasteiger charge is 2.28. The molecule has 0 radical (unpaired) electrons. The van der Waals surface area contributed by atoms with Gasteiger partial charge in [-0.25, -0.2) is 22.2 Å². The number of hydrogen-bond donors (Lipinski definition) is 1. The number of benzene rings is 4. The molecule has 0 aliphatic carbocycles. The van der Waals surface area contributed by atoms with E-state index in [9.17, 15) is 17.6 Å². The monoisotopic (exact) mass is 617 g/mol. The van der Waals surface area contributed by atoms with Crippen LogP contribution in [-0.4, -0.2) is 46.8 Å². The van der Waals surface area contributed by atoms with Crippen molar-refractivity contribution in [2.75, 3.05) is 31.8 Å².